The molecule has 0 spiro atoms. The molecular formula is C30H46O10. The Labute approximate surface area is 237 Å². The Kier molecular flexibility index (Phi) is 9.25. The Balaban J connectivity index is 1.71. The summed E-state index contributed by atoms with van der Waals surface area (Å²) in [6, 6.07) is 0. The lowest BCUT2D eigenvalue weighted by atomic mass is 9.48. The lowest BCUT2D eigenvalue weighted by Gasteiger charge is -2.60. The van der Waals surface area contributed by atoms with Gasteiger partial charge >= 0.3 is 24.2 Å². The van der Waals surface area contributed by atoms with Crippen LogP contribution in [-0.4, -0.2) is 62.4 Å². The largest absolute Gasteiger partial charge is 0.508 e. The Morgan fingerprint density at radius 2 is 1.40 bits per heavy atom. The van der Waals surface area contributed by atoms with Crippen molar-refractivity contribution in [3.63, 3.8) is 0 Å². The molecule has 226 valence electrons. The van der Waals surface area contributed by atoms with Gasteiger partial charge in [-0.15, -0.1) is 0 Å². The number of carbonyl (C=O) groups excluding carboxylic acids is 4. The molecule has 4 bridgehead atoms. The van der Waals surface area contributed by atoms with E-state index in [9.17, 15) is 19.2 Å². The highest BCUT2D eigenvalue weighted by Gasteiger charge is 2.60. The van der Waals surface area contributed by atoms with Crippen LogP contribution < -0.4 is 0 Å². The van der Waals surface area contributed by atoms with Crippen LogP contribution in [0.1, 0.15) is 85.5 Å². The van der Waals surface area contributed by atoms with E-state index in [-0.39, 0.29) is 54.2 Å². The van der Waals surface area contributed by atoms with Gasteiger partial charge in [0, 0.05) is 26.2 Å². The summed E-state index contributed by atoms with van der Waals surface area (Å²) in [6.45, 7) is 7.46. The summed E-state index contributed by atoms with van der Waals surface area (Å²) in [4.78, 5) is 48.6. The molecule has 0 aromatic rings. The topological polar surface area (TPSA) is 124 Å². The molecule has 4 fully saturated rings. The molecule has 4 aliphatic carbocycles. The summed E-state index contributed by atoms with van der Waals surface area (Å²) in [7, 11) is 2.62. The second kappa shape index (κ2) is 12.1. The fourth-order valence-corrected chi connectivity index (χ4v) is 9.40. The third-order valence-corrected chi connectivity index (χ3v) is 10.1. The Bertz CT molecular complexity index is 966. The fourth-order valence-electron chi connectivity index (χ4n) is 9.40. The van der Waals surface area contributed by atoms with Gasteiger partial charge in [0.2, 0.25) is 0 Å². The van der Waals surface area contributed by atoms with Gasteiger partial charge in [-0.1, -0.05) is 20.3 Å². The number of esters is 2. The van der Waals surface area contributed by atoms with Crippen LogP contribution in [-0.2, 0) is 38.0 Å². The van der Waals surface area contributed by atoms with Gasteiger partial charge in [-0.2, -0.15) is 0 Å². The van der Waals surface area contributed by atoms with Crippen molar-refractivity contribution in [1.29, 1.82) is 0 Å². The molecule has 4 saturated carbocycles. The van der Waals surface area contributed by atoms with E-state index in [0.29, 0.717) is 37.5 Å². The van der Waals surface area contributed by atoms with Crippen LogP contribution in [0.2, 0.25) is 0 Å². The molecule has 0 heterocycles. The minimum atomic E-state index is -0.810. The van der Waals surface area contributed by atoms with Crippen molar-refractivity contribution in [2.24, 2.45) is 41.4 Å². The van der Waals surface area contributed by atoms with E-state index in [1.807, 2.05) is 0 Å². The number of hydrogen-bond donors (Lipinski definition) is 0. The molecule has 10 nitrogen and oxygen atoms in total. The molecule has 10 heteroatoms. The van der Waals surface area contributed by atoms with Crippen LogP contribution in [0.15, 0.2) is 0 Å². The van der Waals surface area contributed by atoms with E-state index in [1.54, 1.807) is 0 Å². The molecule has 4 aliphatic rings. The second-order valence-electron chi connectivity index (χ2n) is 12.9. The van der Waals surface area contributed by atoms with Crippen molar-refractivity contribution < 1.29 is 47.6 Å². The zero-order valence-electron chi connectivity index (χ0n) is 24.8. The minimum Gasteiger partial charge on any atom is -0.466 e. The van der Waals surface area contributed by atoms with Gasteiger partial charge in [0.05, 0.1) is 20.8 Å². The van der Waals surface area contributed by atoms with Crippen LogP contribution in [0.3, 0.4) is 0 Å². The van der Waals surface area contributed by atoms with Crippen molar-refractivity contribution in [2.75, 3.05) is 20.8 Å². The summed E-state index contributed by atoms with van der Waals surface area (Å²) in [5.74, 6) is 0.731. The van der Waals surface area contributed by atoms with E-state index in [1.165, 1.54) is 28.1 Å². The lowest BCUT2D eigenvalue weighted by molar-refractivity contribution is -0.193. The van der Waals surface area contributed by atoms with Crippen LogP contribution in [0.4, 0.5) is 9.59 Å². The summed E-state index contributed by atoms with van der Waals surface area (Å²) >= 11 is 0. The number of ether oxygens (including phenoxy) is 6. The van der Waals surface area contributed by atoms with Gasteiger partial charge in [0.25, 0.3) is 0 Å². The van der Waals surface area contributed by atoms with Crippen LogP contribution in [0, 0.1) is 41.4 Å². The maximum absolute atomic E-state index is 12.5. The van der Waals surface area contributed by atoms with E-state index in [2.05, 4.69) is 13.8 Å². The summed E-state index contributed by atoms with van der Waals surface area (Å²) < 4.78 is 33.1. The first-order chi connectivity index (χ1) is 18.9. The molecule has 40 heavy (non-hydrogen) atoms. The van der Waals surface area contributed by atoms with Gasteiger partial charge in [0.1, 0.15) is 17.3 Å². The highest BCUT2D eigenvalue weighted by Crippen LogP contribution is 2.61. The first-order valence-electron chi connectivity index (χ1n) is 14.8. The van der Waals surface area contributed by atoms with Gasteiger partial charge in [0.15, 0.2) is 0 Å². The molecule has 10 atom stereocenters. The molecule has 0 aromatic carbocycles. The standard InChI is InChI=1S/C30H46O10/c1-7-24-20-9-23(38-19(4)32)14-30(11-20,40-28(34)36-6)15-25(24)26-21-8-17(2)10-29(12-21,39-27(33)35-5)13-22(26)16-37-18(3)31/h17,20-26H,7-16H2,1-6H3. The van der Waals surface area contributed by atoms with Crippen molar-refractivity contribution in [3.05, 3.63) is 0 Å². The lowest BCUT2D eigenvalue weighted by Crippen LogP contribution is -2.59. The zero-order chi connectivity index (χ0) is 29.2. The van der Waals surface area contributed by atoms with Crippen molar-refractivity contribution in [3.8, 4) is 0 Å². The Hall–Kier alpha value is -2.52. The molecule has 4 rings (SSSR count). The van der Waals surface area contributed by atoms with Gasteiger partial charge < -0.3 is 28.4 Å². The maximum Gasteiger partial charge on any atom is 0.508 e. The molecule has 10 unspecified atom stereocenters. The van der Waals surface area contributed by atoms with Crippen LogP contribution in [0.25, 0.3) is 0 Å². The van der Waals surface area contributed by atoms with Crippen molar-refractivity contribution >= 4 is 24.2 Å². The average Bonchev–Trinajstić information content (AvgIpc) is 2.85. The predicted octanol–water partition coefficient (Wildman–Crippen LogP) is 5.44. The Morgan fingerprint density at radius 1 is 0.775 bits per heavy atom. The van der Waals surface area contributed by atoms with Crippen molar-refractivity contribution in [1.82, 2.24) is 0 Å². The van der Waals surface area contributed by atoms with Crippen molar-refractivity contribution in [2.45, 2.75) is 103 Å². The molecule has 0 aromatic heterocycles. The molecule has 0 aliphatic heterocycles. The second-order valence-corrected chi connectivity index (χ2v) is 12.9. The summed E-state index contributed by atoms with van der Waals surface area (Å²) in [5, 5.41) is 0. The summed E-state index contributed by atoms with van der Waals surface area (Å²) in [6.07, 6.45) is 4.70. The van der Waals surface area contributed by atoms with Crippen LogP contribution >= 0.6 is 0 Å². The predicted molar refractivity (Wildman–Crippen MR) is 142 cm³/mol. The smallest absolute Gasteiger partial charge is 0.466 e. The quantitative estimate of drug-likeness (QED) is 0.290. The van der Waals surface area contributed by atoms with Gasteiger partial charge in [-0.25, -0.2) is 9.59 Å². The zero-order valence-corrected chi connectivity index (χ0v) is 24.8. The summed E-state index contributed by atoms with van der Waals surface area (Å²) in [5.41, 5.74) is -1.47. The highest BCUT2D eigenvalue weighted by atomic mass is 16.7. The first kappa shape index (κ1) is 30.4. The molecular weight excluding hydrogens is 520 g/mol. The third kappa shape index (κ3) is 6.51. The van der Waals surface area contributed by atoms with E-state index in [0.717, 1.165) is 32.1 Å². The molecule has 0 amide bonds. The third-order valence-electron chi connectivity index (χ3n) is 10.1. The fraction of sp³-hybridized carbons (Fsp3) is 0.867. The molecule has 0 radical (unpaired) electrons. The first-order valence-corrected chi connectivity index (χ1v) is 14.8. The maximum atomic E-state index is 12.5. The number of methoxy groups -OCH3 is 2. The SMILES string of the molecule is CCC1C2CC(OC(C)=O)CC(OC(=O)OC)(C2)CC1C1C(COC(C)=O)CC2(OC(=O)OC)CC(C)CC1C2. The number of rotatable bonds is 7. The monoisotopic (exact) mass is 566 g/mol. The van der Waals surface area contributed by atoms with Gasteiger partial charge in [-0.3, -0.25) is 9.59 Å². The number of fused-ring (bicyclic) bond motifs is 4. The minimum absolute atomic E-state index is 0.0304. The van der Waals surface area contributed by atoms with E-state index in [4.69, 9.17) is 28.4 Å². The Morgan fingerprint density at radius 3 is 1.98 bits per heavy atom. The van der Waals surface area contributed by atoms with E-state index >= 15 is 0 Å². The van der Waals surface area contributed by atoms with E-state index < -0.39 is 23.5 Å². The average molecular weight is 567 g/mol. The molecule has 0 saturated heterocycles. The normalized spacial score (nSPS) is 40.2. The number of carbonyl (C=O) groups is 4. The van der Waals surface area contributed by atoms with Crippen LogP contribution in [0.5, 0.6) is 0 Å². The number of hydrogen-bond acceptors (Lipinski definition) is 10. The van der Waals surface area contributed by atoms with Gasteiger partial charge in [-0.05, 0) is 80.5 Å². The highest BCUT2D eigenvalue weighted by molar-refractivity contribution is 5.66. The molecule has 0 N–H and O–H groups in total.